The molecule has 2 heterocycles. The number of hydrogen-bond acceptors (Lipinski definition) is 6. The van der Waals surface area contributed by atoms with Crippen molar-refractivity contribution in [3.05, 3.63) is 28.0 Å². The lowest BCUT2D eigenvalue weighted by Gasteiger charge is -2.31. The second kappa shape index (κ2) is 4.99. The number of nitrogens with one attached hydrogen (secondary N) is 1. The van der Waals surface area contributed by atoms with Crippen LogP contribution in [-0.4, -0.2) is 51.8 Å². The first-order chi connectivity index (χ1) is 9.40. The number of carboxylic acid groups (broad SMARTS) is 1. The van der Waals surface area contributed by atoms with Crippen LogP contribution in [0.4, 0.5) is 5.88 Å². The van der Waals surface area contributed by atoms with Gasteiger partial charge in [0.05, 0.1) is 6.07 Å². The van der Waals surface area contributed by atoms with Gasteiger partial charge in [-0.2, -0.15) is 0 Å². The van der Waals surface area contributed by atoms with Gasteiger partial charge in [-0.25, -0.2) is 4.79 Å². The standard InChI is InChI=1S/C10H9N3O7/c14-7-4-12(5(3-11-7)10(16)17)9(15)6-1-2-8(20-6)13(18)19/h1-2,5H,3-4H2,(H,11,14)(H,16,17). The number of amides is 2. The van der Waals surface area contributed by atoms with Gasteiger partial charge < -0.3 is 19.7 Å². The number of furan rings is 1. The zero-order valence-corrected chi connectivity index (χ0v) is 9.94. The minimum atomic E-state index is -1.29. The number of carbonyl (C=O) groups excluding carboxylic acids is 2. The first kappa shape index (κ1) is 13.5. The smallest absolute Gasteiger partial charge is 0.433 e. The molecule has 1 fully saturated rings. The molecule has 1 aliphatic heterocycles. The maximum atomic E-state index is 12.1. The average Bonchev–Trinajstić information content (AvgIpc) is 2.87. The van der Waals surface area contributed by atoms with Crippen LogP contribution in [0.25, 0.3) is 0 Å². The van der Waals surface area contributed by atoms with Crippen molar-refractivity contribution in [2.24, 2.45) is 0 Å². The third-order valence-electron chi connectivity index (χ3n) is 2.71. The lowest BCUT2D eigenvalue weighted by atomic mass is 10.1. The minimum Gasteiger partial charge on any atom is -0.480 e. The number of piperazine rings is 1. The van der Waals surface area contributed by atoms with Crippen molar-refractivity contribution < 1.29 is 28.8 Å². The number of nitrogens with zero attached hydrogens (tertiary/aromatic N) is 2. The molecule has 0 aliphatic carbocycles. The molecule has 1 unspecified atom stereocenters. The molecule has 2 rings (SSSR count). The topological polar surface area (TPSA) is 143 Å². The van der Waals surface area contributed by atoms with E-state index in [0.29, 0.717) is 0 Å². The Morgan fingerprint density at radius 2 is 2.20 bits per heavy atom. The Bertz CT molecular complexity index is 593. The van der Waals surface area contributed by atoms with Gasteiger partial charge in [-0.1, -0.05) is 0 Å². The third-order valence-corrected chi connectivity index (χ3v) is 2.71. The van der Waals surface area contributed by atoms with Gasteiger partial charge in [0.15, 0.2) is 5.76 Å². The summed E-state index contributed by atoms with van der Waals surface area (Å²) in [6.45, 7) is -0.687. The van der Waals surface area contributed by atoms with Crippen molar-refractivity contribution in [3.63, 3.8) is 0 Å². The normalized spacial score (nSPS) is 18.5. The van der Waals surface area contributed by atoms with E-state index in [2.05, 4.69) is 5.32 Å². The van der Waals surface area contributed by atoms with Crippen molar-refractivity contribution in [2.75, 3.05) is 13.1 Å². The summed E-state index contributed by atoms with van der Waals surface area (Å²) in [5.74, 6) is -3.73. The Labute approximate surface area is 111 Å². The highest BCUT2D eigenvalue weighted by Gasteiger charge is 2.37. The van der Waals surface area contributed by atoms with Crippen LogP contribution < -0.4 is 5.32 Å². The van der Waals surface area contributed by atoms with Gasteiger partial charge in [0.25, 0.3) is 5.91 Å². The second-order valence-corrected chi connectivity index (χ2v) is 3.99. The molecule has 0 aromatic carbocycles. The summed E-state index contributed by atoms with van der Waals surface area (Å²) >= 11 is 0. The van der Waals surface area contributed by atoms with Crippen LogP contribution in [-0.2, 0) is 9.59 Å². The van der Waals surface area contributed by atoms with Crippen molar-refractivity contribution in [1.82, 2.24) is 10.2 Å². The van der Waals surface area contributed by atoms with Crippen molar-refractivity contribution in [1.29, 1.82) is 0 Å². The zero-order valence-electron chi connectivity index (χ0n) is 9.94. The Balaban J connectivity index is 2.26. The molecule has 1 atom stereocenters. The van der Waals surface area contributed by atoms with E-state index in [4.69, 9.17) is 9.52 Å². The van der Waals surface area contributed by atoms with Crippen molar-refractivity contribution in [2.45, 2.75) is 6.04 Å². The summed E-state index contributed by atoms with van der Waals surface area (Å²) in [6, 6.07) is 0.795. The molecule has 10 nitrogen and oxygen atoms in total. The fourth-order valence-corrected chi connectivity index (χ4v) is 1.76. The lowest BCUT2D eigenvalue weighted by molar-refractivity contribution is -0.402. The number of carboxylic acids is 1. The first-order valence-corrected chi connectivity index (χ1v) is 5.45. The largest absolute Gasteiger partial charge is 0.480 e. The van der Waals surface area contributed by atoms with E-state index < -0.39 is 46.9 Å². The maximum Gasteiger partial charge on any atom is 0.433 e. The van der Waals surface area contributed by atoms with Crippen LogP contribution in [0.3, 0.4) is 0 Å². The summed E-state index contributed by atoms with van der Waals surface area (Å²) in [6.07, 6.45) is 0. The predicted octanol–water partition coefficient (Wildman–Crippen LogP) is -0.787. The minimum absolute atomic E-state index is 0.233. The molecule has 20 heavy (non-hydrogen) atoms. The van der Waals surface area contributed by atoms with Crippen molar-refractivity contribution in [3.8, 4) is 0 Å². The predicted molar refractivity (Wildman–Crippen MR) is 60.8 cm³/mol. The van der Waals surface area contributed by atoms with Crippen molar-refractivity contribution >= 4 is 23.7 Å². The Hall–Kier alpha value is -2.91. The molecule has 2 amide bonds. The van der Waals surface area contributed by atoms with Gasteiger partial charge in [-0.15, -0.1) is 0 Å². The van der Waals surface area contributed by atoms with E-state index in [-0.39, 0.29) is 6.54 Å². The van der Waals surface area contributed by atoms with Gasteiger partial charge in [0.2, 0.25) is 5.91 Å². The maximum absolute atomic E-state index is 12.1. The molecular formula is C10H9N3O7. The summed E-state index contributed by atoms with van der Waals surface area (Å²) in [4.78, 5) is 44.8. The van der Waals surface area contributed by atoms with Gasteiger partial charge in [-0.05, 0) is 6.07 Å². The molecule has 1 saturated heterocycles. The molecule has 1 aromatic rings. The Kier molecular flexibility index (Phi) is 3.37. The van der Waals surface area contributed by atoms with Gasteiger partial charge >= 0.3 is 11.9 Å². The Morgan fingerprint density at radius 3 is 2.75 bits per heavy atom. The fourth-order valence-electron chi connectivity index (χ4n) is 1.76. The highest BCUT2D eigenvalue weighted by atomic mass is 16.6. The highest BCUT2D eigenvalue weighted by Crippen LogP contribution is 2.19. The number of nitro groups is 1. The molecule has 0 bridgehead atoms. The van der Waals surface area contributed by atoms with E-state index >= 15 is 0 Å². The molecule has 10 heteroatoms. The lowest BCUT2D eigenvalue weighted by Crippen LogP contribution is -2.59. The van der Waals surface area contributed by atoms with E-state index in [1.54, 1.807) is 0 Å². The Morgan fingerprint density at radius 1 is 1.50 bits per heavy atom. The van der Waals surface area contributed by atoms with Gasteiger partial charge in [0, 0.05) is 6.54 Å². The summed E-state index contributed by atoms with van der Waals surface area (Å²) in [7, 11) is 0. The van der Waals surface area contributed by atoms with Gasteiger partial charge in [-0.3, -0.25) is 19.7 Å². The molecular weight excluding hydrogens is 274 g/mol. The van der Waals surface area contributed by atoms with Crippen LogP contribution in [0.15, 0.2) is 16.5 Å². The first-order valence-electron chi connectivity index (χ1n) is 5.45. The molecule has 0 saturated carbocycles. The van der Waals surface area contributed by atoms with Gasteiger partial charge in [0.1, 0.15) is 17.5 Å². The van der Waals surface area contributed by atoms with E-state index in [9.17, 15) is 24.5 Å². The van der Waals surface area contributed by atoms with E-state index in [1.807, 2.05) is 0 Å². The summed E-state index contributed by atoms with van der Waals surface area (Å²) < 4.78 is 4.71. The molecule has 0 radical (unpaired) electrons. The number of rotatable bonds is 3. The number of hydrogen-bond donors (Lipinski definition) is 2. The van der Waals surface area contributed by atoms with E-state index in [1.165, 1.54) is 0 Å². The van der Waals surface area contributed by atoms with E-state index in [0.717, 1.165) is 17.0 Å². The quantitative estimate of drug-likeness (QED) is 0.546. The summed E-state index contributed by atoms with van der Waals surface area (Å²) in [5, 5.41) is 21.8. The number of carbonyl (C=O) groups is 3. The SMILES string of the molecule is O=C1CN(C(=O)c2ccc([N+](=O)[O-])o2)C(C(=O)O)CN1. The van der Waals surface area contributed by atoms with Crippen LogP contribution in [0, 0.1) is 10.1 Å². The van der Waals surface area contributed by atoms with Crippen LogP contribution in [0.5, 0.6) is 0 Å². The summed E-state index contributed by atoms with van der Waals surface area (Å²) in [5.41, 5.74) is 0. The molecule has 0 spiro atoms. The van der Waals surface area contributed by atoms with Crippen LogP contribution in [0.1, 0.15) is 10.6 Å². The molecule has 1 aliphatic rings. The average molecular weight is 283 g/mol. The van der Waals surface area contributed by atoms with Crippen LogP contribution >= 0.6 is 0 Å². The second-order valence-electron chi connectivity index (χ2n) is 3.99. The molecule has 106 valence electrons. The highest BCUT2D eigenvalue weighted by molar-refractivity contribution is 5.98. The van der Waals surface area contributed by atoms with Crippen LogP contribution in [0.2, 0.25) is 0 Å². The zero-order chi connectivity index (χ0) is 14.9. The third kappa shape index (κ3) is 2.43. The monoisotopic (exact) mass is 283 g/mol. The fraction of sp³-hybridized carbons (Fsp3) is 0.300. The number of aliphatic carboxylic acids is 1. The molecule has 2 N–H and O–H groups in total. The molecule has 1 aromatic heterocycles.